The standard InChI is InChI=1S/C56H37NO/c1-3-17-38(18-4-1)55(47-24-10-7-21-43(47)44-22-8-11-25-48(44)55)39-31-33-41(34-32-39)57(40-19-5-2-6-20-40)42-35-36-50-46(37-42)45-23-9-12-26-49(45)56(50)51-27-13-15-29-53(51)58-54-30-16-14-28-52(54)56/h1-37H. The third-order valence-electron chi connectivity index (χ3n) is 12.8. The van der Waals surface area contributed by atoms with Gasteiger partial charge in [-0.2, -0.15) is 0 Å². The fourth-order valence-electron chi connectivity index (χ4n) is 10.6. The number of benzene rings is 9. The van der Waals surface area contributed by atoms with Gasteiger partial charge in [0, 0.05) is 28.2 Å². The van der Waals surface area contributed by atoms with E-state index in [1.165, 1.54) is 66.8 Å². The monoisotopic (exact) mass is 739 g/mol. The number of fused-ring (bicyclic) bond motifs is 12. The highest BCUT2D eigenvalue weighted by Crippen LogP contribution is 2.63. The molecule has 2 heteroatoms. The number of para-hydroxylation sites is 3. The molecular formula is C56H37NO. The smallest absolute Gasteiger partial charge is 0.132 e. The van der Waals surface area contributed by atoms with Crippen LogP contribution in [0.25, 0.3) is 22.3 Å². The maximum atomic E-state index is 6.58. The minimum Gasteiger partial charge on any atom is -0.457 e. The Morgan fingerprint density at radius 2 is 0.672 bits per heavy atom. The van der Waals surface area contributed by atoms with E-state index in [0.717, 1.165) is 28.6 Å². The molecular weight excluding hydrogens is 703 g/mol. The predicted molar refractivity (Wildman–Crippen MR) is 236 cm³/mol. The van der Waals surface area contributed by atoms with Crippen molar-refractivity contribution in [1.29, 1.82) is 0 Å². The Labute approximate surface area is 338 Å². The van der Waals surface area contributed by atoms with Crippen LogP contribution in [0.5, 0.6) is 11.5 Å². The zero-order valence-corrected chi connectivity index (χ0v) is 31.7. The topological polar surface area (TPSA) is 12.5 Å². The summed E-state index contributed by atoms with van der Waals surface area (Å²) in [7, 11) is 0. The van der Waals surface area contributed by atoms with Crippen molar-refractivity contribution in [2.45, 2.75) is 10.8 Å². The van der Waals surface area contributed by atoms with E-state index in [-0.39, 0.29) is 0 Å². The van der Waals surface area contributed by atoms with Crippen LogP contribution in [0.3, 0.4) is 0 Å². The summed E-state index contributed by atoms with van der Waals surface area (Å²) in [6, 6.07) is 82.1. The van der Waals surface area contributed by atoms with Gasteiger partial charge in [0.2, 0.25) is 0 Å². The third-order valence-corrected chi connectivity index (χ3v) is 12.8. The van der Waals surface area contributed by atoms with Crippen LogP contribution in [-0.2, 0) is 10.8 Å². The third kappa shape index (κ3) is 4.37. The molecule has 0 bridgehead atoms. The van der Waals surface area contributed by atoms with Crippen molar-refractivity contribution < 1.29 is 4.74 Å². The van der Waals surface area contributed by atoms with E-state index in [9.17, 15) is 0 Å². The second kappa shape index (κ2) is 12.5. The number of rotatable bonds is 5. The van der Waals surface area contributed by atoms with Gasteiger partial charge in [0.25, 0.3) is 0 Å². The summed E-state index contributed by atoms with van der Waals surface area (Å²) in [6.45, 7) is 0. The van der Waals surface area contributed by atoms with Gasteiger partial charge in [0.05, 0.1) is 10.8 Å². The van der Waals surface area contributed by atoms with Gasteiger partial charge < -0.3 is 9.64 Å². The van der Waals surface area contributed by atoms with Crippen LogP contribution in [0.1, 0.15) is 44.5 Å². The summed E-state index contributed by atoms with van der Waals surface area (Å²) in [5.41, 5.74) is 17.5. The molecule has 1 spiro atoms. The first-order valence-corrected chi connectivity index (χ1v) is 20.1. The summed E-state index contributed by atoms with van der Waals surface area (Å²) in [5, 5.41) is 0. The first-order valence-electron chi connectivity index (χ1n) is 20.1. The average Bonchev–Trinajstić information content (AvgIpc) is 3.76. The largest absolute Gasteiger partial charge is 0.457 e. The van der Waals surface area contributed by atoms with Crippen LogP contribution in [-0.4, -0.2) is 0 Å². The lowest BCUT2D eigenvalue weighted by molar-refractivity contribution is 0.436. The van der Waals surface area contributed by atoms with E-state index in [1.54, 1.807) is 0 Å². The van der Waals surface area contributed by atoms with Crippen LogP contribution in [0.2, 0.25) is 0 Å². The highest BCUT2D eigenvalue weighted by Gasteiger charge is 2.51. The van der Waals surface area contributed by atoms with Crippen molar-refractivity contribution in [3.05, 3.63) is 269 Å². The van der Waals surface area contributed by atoms with E-state index < -0.39 is 10.8 Å². The molecule has 2 aliphatic carbocycles. The molecule has 0 fully saturated rings. The normalized spacial score (nSPS) is 14.3. The zero-order valence-electron chi connectivity index (χ0n) is 31.7. The Morgan fingerprint density at radius 3 is 1.26 bits per heavy atom. The molecule has 272 valence electrons. The minimum absolute atomic E-state index is 0.452. The molecule has 0 unspecified atom stereocenters. The molecule has 0 radical (unpaired) electrons. The zero-order chi connectivity index (χ0) is 38.3. The highest BCUT2D eigenvalue weighted by atomic mass is 16.5. The molecule has 58 heavy (non-hydrogen) atoms. The maximum Gasteiger partial charge on any atom is 0.132 e. The molecule has 3 aliphatic rings. The SMILES string of the molecule is c1ccc(N(c2ccc(C3(c4ccccc4)c4ccccc4-c4ccccc43)cc2)c2ccc3c(c2)-c2ccccc2C32c3ccccc3Oc3ccccc32)cc1. The Kier molecular flexibility index (Phi) is 7.09. The summed E-state index contributed by atoms with van der Waals surface area (Å²) in [4.78, 5) is 2.40. The van der Waals surface area contributed by atoms with Gasteiger partial charge in [-0.05, 0) is 104 Å². The van der Waals surface area contributed by atoms with Crippen LogP contribution >= 0.6 is 0 Å². The van der Waals surface area contributed by atoms with Crippen molar-refractivity contribution in [1.82, 2.24) is 0 Å². The Balaban J connectivity index is 1.05. The maximum absolute atomic E-state index is 6.58. The highest BCUT2D eigenvalue weighted by molar-refractivity contribution is 5.92. The molecule has 0 N–H and O–H groups in total. The quantitative estimate of drug-likeness (QED) is 0.174. The van der Waals surface area contributed by atoms with Crippen LogP contribution in [0.15, 0.2) is 224 Å². The summed E-state index contributed by atoms with van der Waals surface area (Å²) >= 11 is 0. The van der Waals surface area contributed by atoms with Crippen LogP contribution < -0.4 is 9.64 Å². The Bertz CT molecular complexity index is 2950. The fraction of sp³-hybridized carbons (Fsp3) is 0.0357. The van der Waals surface area contributed by atoms with Gasteiger partial charge in [-0.3, -0.25) is 0 Å². The van der Waals surface area contributed by atoms with Gasteiger partial charge in [-0.15, -0.1) is 0 Å². The van der Waals surface area contributed by atoms with E-state index in [0.29, 0.717) is 0 Å². The van der Waals surface area contributed by atoms with Crippen LogP contribution in [0, 0.1) is 0 Å². The number of hydrogen-bond acceptors (Lipinski definition) is 2. The molecule has 9 aromatic rings. The number of ether oxygens (including phenoxy) is 1. The van der Waals surface area contributed by atoms with Gasteiger partial charge >= 0.3 is 0 Å². The van der Waals surface area contributed by atoms with Gasteiger partial charge in [-0.25, -0.2) is 0 Å². The second-order valence-corrected chi connectivity index (χ2v) is 15.5. The lowest BCUT2D eigenvalue weighted by Crippen LogP contribution is -2.32. The molecule has 1 heterocycles. The summed E-state index contributed by atoms with van der Waals surface area (Å²) in [5.74, 6) is 1.81. The predicted octanol–water partition coefficient (Wildman–Crippen LogP) is 14.0. The van der Waals surface area contributed by atoms with Crippen molar-refractivity contribution in [3.8, 4) is 33.8 Å². The van der Waals surface area contributed by atoms with Crippen molar-refractivity contribution in [3.63, 3.8) is 0 Å². The van der Waals surface area contributed by atoms with Gasteiger partial charge in [-0.1, -0.05) is 176 Å². The van der Waals surface area contributed by atoms with E-state index in [2.05, 4.69) is 229 Å². The first-order chi connectivity index (χ1) is 28.8. The molecule has 1 aliphatic heterocycles. The molecule has 0 amide bonds. The summed E-state index contributed by atoms with van der Waals surface area (Å²) in [6.07, 6.45) is 0. The molecule has 0 saturated heterocycles. The second-order valence-electron chi connectivity index (χ2n) is 15.5. The molecule has 12 rings (SSSR count). The fourth-order valence-corrected chi connectivity index (χ4v) is 10.6. The Hall–Kier alpha value is -7.42. The molecule has 0 aromatic heterocycles. The lowest BCUT2D eigenvalue weighted by atomic mass is 9.66. The molecule has 9 aromatic carbocycles. The molecule has 2 nitrogen and oxygen atoms in total. The summed E-state index contributed by atoms with van der Waals surface area (Å²) < 4.78 is 6.58. The average molecular weight is 740 g/mol. The van der Waals surface area contributed by atoms with Gasteiger partial charge in [0.15, 0.2) is 0 Å². The number of nitrogens with zero attached hydrogens (tertiary/aromatic N) is 1. The van der Waals surface area contributed by atoms with Crippen molar-refractivity contribution in [2.24, 2.45) is 0 Å². The van der Waals surface area contributed by atoms with Crippen LogP contribution in [0.4, 0.5) is 17.1 Å². The Morgan fingerprint density at radius 1 is 0.276 bits per heavy atom. The van der Waals surface area contributed by atoms with E-state index in [4.69, 9.17) is 4.74 Å². The van der Waals surface area contributed by atoms with E-state index in [1.807, 2.05) is 0 Å². The lowest BCUT2D eigenvalue weighted by Gasteiger charge is -2.39. The molecule has 0 saturated carbocycles. The first kappa shape index (κ1) is 32.8. The molecule has 0 atom stereocenters. The van der Waals surface area contributed by atoms with Gasteiger partial charge in [0.1, 0.15) is 11.5 Å². The van der Waals surface area contributed by atoms with Crippen molar-refractivity contribution >= 4 is 17.1 Å². The van der Waals surface area contributed by atoms with Crippen molar-refractivity contribution in [2.75, 3.05) is 4.90 Å². The minimum atomic E-state index is -0.505. The number of anilines is 3. The number of hydrogen-bond donors (Lipinski definition) is 0. The van der Waals surface area contributed by atoms with E-state index >= 15 is 0 Å².